The summed E-state index contributed by atoms with van der Waals surface area (Å²) in [6.45, 7) is 4.59. The number of aliphatic imine (C=N–C) groups is 1. The van der Waals surface area contributed by atoms with E-state index in [4.69, 9.17) is 10.2 Å². The van der Waals surface area contributed by atoms with Gasteiger partial charge in [0, 0.05) is 25.6 Å². The molecule has 0 aliphatic carbocycles. The van der Waals surface area contributed by atoms with Crippen LogP contribution < -0.4 is 11.1 Å². The van der Waals surface area contributed by atoms with E-state index in [2.05, 4.69) is 46.4 Å². The van der Waals surface area contributed by atoms with E-state index in [0.717, 1.165) is 25.5 Å². The molecular weight excluding hydrogens is 316 g/mol. The molecule has 132 valence electrons. The Morgan fingerprint density at radius 1 is 1.32 bits per heavy atom. The highest BCUT2D eigenvalue weighted by molar-refractivity contribution is 5.89. The van der Waals surface area contributed by atoms with Crippen LogP contribution in [-0.2, 0) is 12.0 Å². The van der Waals surface area contributed by atoms with Gasteiger partial charge in [-0.1, -0.05) is 37.3 Å². The number of amides is 1. The smallest absolute Gasteiger partial charge is 0.284 e. The zero-order chi connectivity index (χ0) is 17.9. The molecule has 0 spiro atoms. The highest BCUT2D eigenvalue weighted by Crippen LogP contribution is 2.33. The SMILES string of the molecule is CN=C(NCc1ccc(C(N)=O)o1)N1CCC(C)(c2ccccc2)C1. The van der Waals surface area contributed by atoms with Gasteiger partial charge >= 0.3 is 0 Å². The van der Waals surface area contributed by atoms with Gasteiger partial charge in [-0.2, -0.15) is 0 Å². The Morgan fingerprint density at radius 2 is 2.08 bits per heavy atom. The molecule has 1 amide bonds. The molecule has 2 heterocycles. The predicted octanol–water partition coefficient (Wildman–Crippen LogP) is 2.12. The Hall–Kier alpha value is -2.76. The molecule has 1 aliphatic heterocycles. The van der Waals surface area contributed by atoms with Crippen molar-refractivity contribution in [3.05, 3.63) is 59.5 Å². The van der Waals surface area contributed by atoms with Crippen molar-refractivity contribution in [3.8, 4) is 0 Å². The summed E-state index contributed by atoms with van der Waals surface area (Å²) in [6, 6.07) is 13.9. The Balaban J connectivity index is 1.63. The molecule has 1 aliphatic rings. The summed E-state index contributed by atoms with van der Waals surface area (Å²) >= 11 is 0. The zero-order valence-electron chi connectivity index (χ0n) is 14.7. The summed E-state index contributed by atoms with van der Waals surface area (Å²) in [7, 11) is 1.78. The number of rotatable bonds is 4. The summed E-state index contributed by atoms with van der Waals surface area (Å²) in [4.78, 5) is 17.7. The number of carbonyl (C=O) groups excluding carboxylic acids is 1. The van der Waals surface area contributed by atoms with Crippen LogP contribution in [0.1, 0.15) is 35.2 Å². The molecule has 3 rings (SSSR count). The maximum Gasteiger partial charge on any atom is 0.284 e. The number of nitrogens with zero attached hydrogens (tertiary/aromatic N) is 2. The number of furan rings is 1. The number of nitrogens with one attached hydrogen (secondary N) is 1. The largest absolute Gasteiger partial charge is 0.454 e. The van der Waals surface area contributed by atoms with Crippen LogP contribution in [0.15, 0.2) is 51.9 Å². The lowest BCUT2D eigenvalue weighted by molar-refractivity contribution is 0.0972. The first-order chi connectivity index (χ1) is 12.0. The molecular formula is C19H24N4O2. The van der Waals surface area contributed by atoms with Crippen molar-refractivity contribution in [2.24, 2.45) is 10.7 Å². The molecule has 1 aromatic carbocycles. The van der Waals surface area contributed by atoms with Gasteiger partial charge in [-0.05, 0) is 24.1 Å². The first-order valence-corrected chi connectivity index (χ1v) is 8.41. The molecule has 0 radical (unpaired) electrons. The summed E-state index contributed by atoms with van der Waals surface area (Å²) in [5, 5.41) is 3.30. The average molecular weight is 340 g/mol. The quantitative estimate of drug-likeness (QED) is 0.659. The molecule has 6 nitrogen and oxygen atoms in total. The minimum atomic E-state index is -0.561. The lowest BCUT2D eigenvalue weighted by Gasteiger charge is -2.27. The first kappa shape index (κ1) is 17.1. The van der Waals surface area contributed by atoms with Gasteiger partial charge in [-0.3, -0.25) is 9.79 Å². The first-order valence-electron chi connectivity index (χ1n) is 8.41. The van der Waals surface area contributed by atoms with E-state index in [0.29, 0.717) is 12.3 Å². The van der Waals surface area contributed by atoms with Gasteiger partial charge in [-0.25, -0.2) is 0 Å². The van der Waals surface area contributed by atoms with Gasteiger partial charge in [-0.15, -0.1) is 0 Å². The van der Waals surface area contributed by atoms with Gasteiger partial charge in [0.15, 0.2) is 11.7 Å². The third kappa shape index (κ3) is 3.68. The molecule has 2 aromatic rings. The van der Waals surface area contributed by atoms with E-state index >= 15 is 0 Å². The number of primary amides is 1. The Kier molecular flexibility index (Phi) is 4.79. The average Bonchev–Trinajstić information content (AvgIpc) is 3.25. The highest BCUT2D eigenvalue weighted by atomic mass is 16.3. The summed E-state index contributed by atoms with van der Waals surface area (Å²) < 4.78 is 5.40. The fourth-order valence-corrected chi connectivity index (χ4v) is 3.32. The van der Waals surface area contributed by atoms with Crippen molar-refractivity contribution in [2.75, 3.05) is 20.1 Å². The van der Waals surface area contributed by atoms with Gasteiger partial charge in [0.1, 0.15) is 5.76 Å². The fourth-order valence-electron chi connectivity index (χ4n) is 3.32. The van der Waals surface area contributed by atoms with Crippen LogP contribution in [0.5, 0.6) is 0 Å². The standard InChI is InChI=1S/C19H24N4O2/c1-19(14-6-4-3-5-7-14)10-11-23(13-19)18(21-2)22-12-15-8-9-16(25-15)17(20)24/h3-9H,10-13H2,1-2H3,(H2,20,24)(H,21,22). The zero-order valence-corrected chi connectivity index (χ0v) is 14.7. The van der Waals surface area contributed by atoms with Crippen molar-refractivity contribution in [1.29, 1.82) is 0 Å². The van der Waals surface area contributed by atoms with Gasteiger partial charge in [0.2, 0.25) is 0 Å². The topological polar surface area (TPSA) is 83.9 Å². The molecule has 1 aromatic heterocycles. The molecule has 0 bridgehead atoms. The van der Waals surface area contributed by atoms with Crippen LogP contribution in [-0.4, -0.2) is 36.9 Å². The molecule has 0 saturated carbocycles. The van der Waals surface area contributed by atoms with Gasteiger partial charge < -0.3 is 20.4 Å². The second kappa shape index (κ2) is 7.01. The molecule has 1 atom stereocenters. The summed E-state index contributed by atoms with van der Waals surface area (Å²) in [6.07, 6.45) is 1.07. The van der Waals surface area contributed by atoms with Crippen LogP contribution >= 0.6 is 0 Å². The number of nitrogens with two attached hydrogens (primary N) is 1. The van der Waals surface area contributed by atoms with Crippen molar-refractivity contribution >= 4 is 11.9 Å². The number of likely N-dealkylation sites (tertiary alicyclic amines) is 1. The lowest BCUT2D eigenvalue weighted by atomic mass is 9.82. The van der Waals surface area contributed by atoms with E-state index in [-0.39, 0.29) is 11.2 Å². The van der Waals surface area contributed by atoms with Crippen LogP contribution in [0.3, 0.4) is 0 Å². The van der Waals surface area contributed by atoms with Crippen LogP contribution in [0, 0.1) is 0 Å². The Labute approximate surface area is 147 Å². The second-order valence-electron chi connectivity index (χ2n) is 6.63. The molecule has 3 N–H and O–H groups in total. The molecule has 6 heteroatoms. The number of hydrogen-bond acceptors (Lipinski definition) is 3. The van der Waals surface area contributed by atoms with Crippen LogP contribution in [0.4, 0.5) is 0 Å². The van der Waals surface area contributed by atoms with Crippen molar-refractivity contribution < 1.29 is 9.21 Å². The van der Waals surface area contributed by atoms with Crippen molar-refractivity contribution in [3.63, 3.8) is 0 Å². The highest BCUT2D eigenvalue weighted by Gasteiger charge is 2.36. The van der Waals surface area contributed by atoms with E-state index in [1.165, 1.54) is 5.56 Å². The minimum Gasteiger partial charge on any atom is -0.454 e. The third-order valence-corrected chi connectivity index (χ3v) is 4.78. The normalized spacial score (nSPS) is 20.7. The third-order valence-electron chi connectivity index (χ3n) is 4.78. The Bertz CT molecular complexity index is 769. The molecule has 1 unspecified atom stereocenters. The van der Waals surface area contributed by atoms with E-state index < -0.39 is 5.91 Å². The van der Waals surface area contributed by atoms with Gasteiger partial charge in [0.05, 0.1) is 6.54 Å². The molecule has 25 heavy (non-hydrogen) atoms. The monoisotopic (exact) mass is 340 g/mol. The summed E-state index contributed by atoms with van der Waals surface area (Å²) in [5.74, 6) is 1.09. The maximum atomic E-state index is 11.1. The van der Waals surface area contributed by atoms with Crippen molar-refractivity contribution in [1.82, 2.24) is 10.2 Å². The van der Waals surface area contributed by atoms with E-state index in [1.807, 2.05) is 6.07 Å². The predicted molar refractivity (Wildman–Crippen MR) is 97.4 cm³/mol. The summed E-state index contributed by atoms with van der Waals surface area (Å²) in [5.41, 5.74) is 6.67. The fraction of sp³-hybridized carbons (Fsp3) is 0.368. The second-order valence-corrected chi connectivity index (χ2v) is 6.63. The maximum absolute atomic E-state index is 11.1. The van der Waals surface area contributed by atoms with Crippen molar-refractivity contribution in [2.45, 2.75) is 25.3 Å². The molecule has 1 fully saturated rings. The number of hydrogen-bond donors (Lipinski definition) is 2. The number of carbonyl (C=O) groups is 1. The van der Waals surface area contributed by atoms with Crippen LogP contribution in [0.25, 0.3) is 0 Å². The number of guanidine groups is 1. The molecule has 1 saturated heterocycles. The minimum absolute atomic E-state index is 0.114. The van der Waals surface area contributed by atoms with Gasteiger partial charge in [0.25, 0.3) is 5.91 Å². The lowest BCUT2D eigenvalue weighted by Crippen LogP contribution is -2.41. The Morgan fingerprint density at radius 3 is 2.72 bits per heavy atom. The number of benzene rings is 1. The van der Waals surface area contributed by atoms with E-state index in [9.17, 15) is 4.79 Å². The van der Waals surface area contributed by atoms with E-state index in [1.54, 1.807) is 19.2 Å². The van der Waals surface area contributed by atoms with Crippen LogP contribution in [0.2, 0.25) is 0 Å².